The van der Waals surface area contributed by atoms with Gasteiger partial charge in [0.1, 0.15) is 15.7 Å². The van der Waals surface area contributed by atoms with E-state index in [2.05, 4.69) is 20.6 Å². The summed E-state index contributed by atoms with van der Waals surface area (Å²) >= 11 is 2.64. The van der Waals surface area contributed by atoms with Gasteiger partial charge in [-0.25, -0.2) is 9.78 Å². The van der Waals surface area contributed by atoms with E-state index in [1.807, 2.05) is 6.92 Å². The normalized spacial score (nSPS) is 19.3. The summed E-state index contributed by atoms with van der Waals surface area (Å²) in [7, 11) is 0. The predicted molar refractivity (Wildman–Crippen MR) is 159 cm³/mol. The largest absolute Gasteiger partial charge is 0.480 e. The van der Waals surface area contributed by atoms with Crippen LogP contribution >= 0.6 is 23.1 Å². The summed E-state index contributed by atoms with van der Waals surface area (Å²) in [6.45, 7) is 3.23. The van der Waals surface area contributed by atoms with E-state index in [1.54, 1.807) is 9.95 Å². The molecule has 3 aliphatic rings. The average Bonchev–Trinajstić information content (AvgIpc) is 3.25. The highest BCUT2D eigenvalue weighted by atomic mass is 32.2. The van der Waals surface area contributed by atoms with E-state index in [1.165, 1.54) is 36.1 Å². The van der Waals surface area contributed by atoms with Gasteiger partial charge in [0.05, 0.1) is 30.1 Å². The second-order valence-electron chi connectivity index (χ2n) is 11.3. The van der Waals surface area contributed by atoms with Crippen molar-refractivity contribution in [3.05, 3.63) is 49.3 Å². The number of ketones is 1. The number of aliphatic carboxylic acids is 1. The summed E-state index contributed by atoms with van der Waals surface area (Å²) in [5.74, 6) is -2.55. The molecule has 5 N–H and O–H groups in total. The zero-order valence-electron chi connectivity index (χ0n) is 23.7. The van der Waals surface area contributed by atoms with Gasteiger partial charge < -0.3 is 26.0 Å². The molecule has 1 saturated carbocycles. The third kappa shape index (κ3) is 6.56. The van der Waals surface area contributed by atoms with E-state index in [0.29, 0.717) is 51.2 Å². The molecular weight excluding hydrogens is 596 g/mol. The van der Waals surface area contributed by atoms with Gasteiger partial charge in [-0.05, 0) is 37.2 Å². The summed E-state index contributed by atoms with van der Waals surface area (Å²) in [6, 6.07) is -0.298. The van der Waals surface area contributed by atoms with Gasteiger partial charge in [-0.3, -0.25) is 29.0 Å². The highest BCUT2D eigenvalue weighted by Gasteiger charge is 2.53. The number of Topliss-reactive ketones (excluding diaryl/α,β-unsaturated/α-hetero) is 1. The highest BCUT2D eigenvalue weighted by molar-refractivity contribution is 8.14. The van der Waals surface area contributed by atoms with Crippen LogP contribution in [0.5, 0.6) is 0 Å². The molecule has 15 heteroatoms. The molecule has 0 radical (unpaired) electrons. The molecule has 3 amide bonds. The number of hydrogen-bond acceptors (Lipinski definition) is 10. The molecule has 228 valence electrons. The maximum Gasteiger partial charge on any atom is 0.329 e. The van der Waals surface area contributed by atoms with Crippen LogP contribution in [0.3, 0.4) is 0 Å². The fourth-order valence-corrected chi connectivity index (χ4v) is 7.38. The monoisotopic (exact) mass is 628 g/mol. The number of carbonyl (C=O) groups excluding carboxylic acids is 4. The number of thioether (sulfide) groups is 1. The molecule has 0 saturated heterocycles. The van der Waals surface area contributed by atoms with Crippen LogP contribution < -0.4 is 21.9 Å². The van der Waals surface area contributed by atoms with Crippen LogP contribution in [0.25, 0.3) is 0 Å². The number of amides is 3. The van der Waals surface area contributed by atoms with Gasteiger partial charge >= 0.3 is 5.97 Å². The number of aliphatic imine (C=N–C) groups is 1. The van der Waals surface area contributed by atoms with E-state index in [9.17, 15) is 33.9 Å². The van der Waals surface area contributed by atoms with E-state index in [4.69, 9.17) is 5.73 Å². The standard InChI is InChI=1S/C28H32N6O7S2/c1-13(7-20(36)16(9-21(29)37)30-14(2)35)3-4-19-24-15(28(5-6-28)33-25(24)39)8-23(38)34(19)10-22-31-17(11-42-22)26-32-18(12-43-26)27(40)41/h8,11,13,16,18H,3-7,9-10,12H2,1-2H3,(H2,29,37)(H,30,35)(H,33,39)(H,40,41)/t13-,16+,18?/m0/s1. The number of aromatic nitrogens is 2. The fourth-order valence-electron chi connectivity index (χ4n) is 5.55. The molecule has 1 spiro atoms. The number of pyridine rings is 1. The van der Waals surface area contributed by atoms with Crippen molar-refractivity contribution in [1.82, 2.24) is 20.2 Å². The van der Waals surface area contributed by atoms with Crippen molar-refractivity contribution in [2.24, 2.45) is 16.6 Å². The average molecular weight is 629 g/mol. The van der Waals surface area contributed by atoms with Gasteiger partial charge in [0.15, 0.2) is 11.8 Å². The highest BCUT2D eigenvalue weighted by Crippen LogP contribution is 2.50. The summed E-state index contributed by atoms with van der Waals surface area (Å²) in [5.41, 5.74) is 6.82. The second kappa shape index (κ2) is 12.0. The van der Waals surface area contributed by atoms with Crippen LogP contribution in [0.1, 0.15) is 78.3 Å². The molecule has 3 atom stereocenters. The van der Waals surface area contributed by atoms with Crippen molar-refractivity contribution in [1.29, 1.82) is 0 Å². The minimum absolute atomic E-state index is 0.0700. The second-order valence-corrected chi connectivity index (χ2v) is 13.3. The lowest BCUT2D eigenvalue weighted by Gasteiger charge is -2.20. The van der Waals surface area contributed by atoms with Crippen LogP contribution in [-0.2, 0) is 37.7 Å². The Labute approximate surface area is 254 Å². The van der Waals surface area contributed by atoms with Gasteiger partial charge in [0, 0.05) is 36.2 Å². The smallest absolute Gasteiger partial charge is 0.329 e. The minimum Gasteiger partial charge on any atom is -0.480 e. The van der Waals surface area contributed by atoms with Crippen LogP contribution in [0.4, 0.5) is 0 Å². The number of nitrogens with two attached hydrogens (primary N) is 1. The zero-order valence-corrected chi connectivity index (χ0v) is 25.3. The zero-order chi connectivity index (χ0) is 31.1. The van der Waals surface area contributed by atoms with Gasteiger partial charge in [-0.15, -0.1) is 23.1 Å². The number of carboxylic acid groups (broad SMARTS) is 1. The third-order valence-corrected chi connectivity index (χ3v) is 9.76. The minimum atomic E-state index is -1.01. The lowest BCUT2D eigenvalue weighted by molar-refractivity contribution is -0.137. The third-order valence-electron chi connectivity index (χ3n) is 7.86. The van der Waals surface area contributed by atoms with Crippen molar-refractivity contribution < 1.29 is 29.1 Å². The van der Waals surface area contributed by atoms with Gasteiger partial charge in [-0.2, -0.15) is 0 Å². The van der Waals surface area contributed by atoms with Crippen molar-refractivity contribution in [3.63, 3.8) is 0 Å². The molecule has 2 aromatic heterocycles. The Kier molecular flexibility index (Phi) is 8.56. The van der Waals surface area contributed by atoms with E-state index >= 15 is 0 Å². The van der Waals surface area contributed by atoms with E-state index < -0.39 is 35.4 Å². The first-order chi connectivity index (χ1) is 20.4. The molecule has 1 aliphatic carbocycles. The Morgan fingerprint density at radius 1 is 1.26 bits per heavy atom. The van der Waals surface area contributed by atoms with Crippen LogP contribution in [-0.4, -0.2) is 67.0 Å². The van der Waals surface area contributed by atoms with Crippen LogP contribution in [0.2, 0.25) is 0 Å². The molecule has 1 fully saturated rings. The molecule has 5 rings (SSSR count). The van der Waals surface area contributed by atoms with E-state index in [0.717, 1.165) is 12.8 Å². The molecule has 0 bridgehead atoms. The maximum atomic E-state index is 13.5. The van der Waals surface area contributed by atoms with Crippen molar-refractivity contribution >= 4 is 57.6 Å². The molecule has 1 unspecified atom stereocenters. The summed E-state index contributed by atoms with van der Waals surface area (Å²) in [6.07, 6.45) is 2.08. The lowest BCUT2D eigenvalue weighted by atomic mass is 9.92. The molecule has 4 heterocycles. The van der Waals surface area contributed by atoms with Crippen molar-refractivity contribution in [2.75, 3.05) is 5.75 Å². The number of primary amides is 1. The summed E-state index contributed by atoms with van der Waals surface area (Å²) in [5, 5.41) is 17.7. The Hall–Kier alpha value is -3.85. The number of fused-ring (bicyclic) bond motifs is 2. The molecule has 0 aromatic carbocycles. The fraction of sp³-hybridized carbons (Fsp3) is 0.500. The van der Waals surface area contributed by atoms with Crippen LogP contribution in [0.15, 0.2) is 21.2 Å². The molecule has 2 aromatic rings. The number of carbonyl (C=O) groups is 5. The molecule has 43 heavy (non-hydrogen) atoms. The van der Waals surface area contributed by atoms with Crippen LogP contribution in [0, 0.1) is 5.92 Å². The number of rotatable bonds is 13. The number of nitrogens with one attached hydrogen (secondary N) is 2. The molecule has 2 aliphatic heterocycles. The summed E-state index contributed by atoms with van der Waals surface area (Å²) in [4.78, 5) is 82.7. The number of carboxylic acids is 1. The first kappa shape index (κ1) is 30.6. The Morgan fingerprint density at radius 3 is 2.63 bits per heavy atom. The van der Waals surface area contributed by atoms with Crippen molar-refractivity contribution in [3.8, 4) is 0 Å². The predicted octanol–water partition coefficient (Wildman–Crippen LogP) is 0.940. The van der Waals surface area contributed by atoms with Gasteiger partial charge in [0.2, 0.25) is 11.8 Å². The molecule has 13 nitrogen and oxygen atoms in total. The van der Waals surface area contributed by atoms with E-state index in [-0.39, 0.29) is 42.6 Å². The molecular formula is C28H32N6O7S2. The van der Waals surface area contributed by atoms with Gasteiger partial charge in [-0.1, -0.05) is 6.92 Å². The number of nitrogens with zero attached hydrogens (tertiary/aromatic N) is 3. The summed E-state index contributed by atoms with van der Waals surface area (Å²) < 4.78 is 1.55. The first-order valence-corrected chi connectivity index (χ1v) is 15.8. The van der Waals surface area contributed by atoms with Gasteiger partial charge in [0.25, 0.3) is 11.5 Å². The quantitative estimate of drug-likeness (QED) is 0.249. The Balaban J connectivity index is 1.38. The first-order valence-electron chi connectivity index (χ1n) is 13.9. The maximum absolute atomic E-state index is 13.5. The Morgan fingerprint density at radius 2 is 2.00 bits per heavy atom. The number of thiazole rings is 1. The number of hydrogen-bond donors (Lipinski definition) is 4. The lowest BCUT2D eigenvalue weighted by Crippen LogP contribution is -2.42. The topological polar surface area (TPSA) is 203 Å². The SMILES string of the molecule is CC(=O)N[C@H](CC(N)=O)C(=O)C[C@@H](C)CCc1c2c(cc(=O)n1Cc1nc(C3=NC(C(=O)O)CS3)cs1)C1(CC1)NC2=O. The van der Waals surface area contributed by atoms with Crippen molar-refractivity contribution in [2.45, 2.75) is 76.5 Å². The Bertz CT molecular complexity index is 1590.